The molecule has 1 aromatic rings. The van der Waals surface area contributed by atoms with Crippen molar-refractivity contribution in [3.8, 4) is 0 Å². The molecular weight excluding hydrogens is 304 g/mol. The van der Waals surface area contributed by atoms with Gasteiger partial charge in [0.25, 0.3) is 0 Å². The molecule has 1 saturated carbocycles. The van der Waals surface area contributed by atoms with Gasteiger partial charge in [0.1, 0.15) is 0 Å². The third-order valence-corrected chi connectivity index (χ3v) is 6.61. The Balaban J connectivity index is 1.51. The van der Waals surface area contributed by atoms with Crippen LogP contribution in [0, 0.1) is 11.8 Å². The predicted molar refractivity (Wildman–Crippen MR) is 98.8 cm³/mol. The van der Waals surface area contributed by atoms with Crippen LogP contribution in [0.15, 0.2) is 24.3 Å². The number of anilines is 1. The highest BCUT2D eigenvalue weighted by atomic mass is 32.2. The Kier molecular flexibility index (Phi) is 6.01. The molecular formula is C19H28N2OS. The van der Waals surface area contributed by atoms with E-state index < -0.39 is 0 Å². The minimum absolute atomic E-state index is 0.0801. The zero-order valence-corrected chi connectivity index (χ0v) is 14.8. The molecule has 2 fully saturated rings. The molecule has 4 heteroatoms. The van der Waals surface area contributed by atoms with Crippen LogP contribution in [0.25, 0.3) is 0 Å². The van der Waals surface area contributed by atoms with Crippen LogP contribution in [0.1, 0.15) is 44.6 Å². The maximum absolute atomic E-state index is 12.3. The van der Waals surface area contributed by atoms with E-state index in [1.807, 2.05) is 13.0 Å². The van der Waals surface area contributed by atoms with Gasteiger partial charge in [-0.05, 0) is 49.5 Å². The van der Waals surface area contributed by atoms with Crippen molar-refractivity contribution in [2.24, 2.45) is 11.8 Å². The highest BCUT2D eigenvalue weighted by Crippen LogP contribution is 2.31. The second-order valence-electron chi connectivity index (χ2n) is 6.97. The molecule has 1 aliphatic carbocycles. The lowest BCUT2D eigenvalue weighted by Gasteiger charge is -2.31. The lowest BCUT2D eigenvalue weighted by Crippen LogP contribution is -2.48. The molecule has 126 valence electrons. The Labute approximate surface area is 144 Å². The summed E-state index contributed by atoms with van der Waals surface area (Å²) in [7, 11) is 0. The van der Waals surface area contributed by atoms with E-state index in [1.54, 1.807) is 0 Å². The SMILES string of the molecule is CC(C(=O)Nc1cccc(CSC2CCCCC2)c1)C1CNC1. The molecule has 2 aliphatic rings. The Morgan fingerprint density at radius 1 is 1.30 bits per heavy atom. The fourth-order valence-corrected chi connectivity index (χ4v) is 4.59. The molecule has 2 N–H and O–H groups in total. The van der Waals surface area contributed by atoms with Crippen LogP contribution in [-0.2, 0) is 10.5 Å². The van der Waals surface area contributed by atoms with E-state index >= 15 is 0 Å². The van der Waals surface area contributed by atoms with E-state index in [0.29, 0.717) is 5.92 Å². The molecule has 1 aromatic carbocycles. The van der Waals surface area contributed by atoms with Gasteiger partial charge in [0.2, 0.25) is 5.91 Å². The molecule has 1 aliphatic heterocycles. The Morgan fingerprint density at radius 3 is 2.78 bits per heavy atom. The van der Waals surface area contributed by atoms with Crippen molar-refractivity contribution in [2.75, 3.05) is 18.4 Å². The molecule has 1 heterocycles. The van der Waals surface area contributed by atoms with Gasteiger partial charge in [0.05, 0.1) is 0 Å². The molecule has 1 atom stereocenters. The third-order valence-electron chi connectivity index (χ3n) is 5.17. The molecule has 3 rings (SSSR count). The molecule has 0 radical (unpaired) electrons. The number of carbonyl (C=O) groups is 1. The van der Waals surface area contributed by atoms with Crippen LogP contribution in [0.4, 0.5) is 5.69 Å². The van der Waals surface area contributed by atoms with E-state index in [1.165, 1.54) is 37.7 Å². The standard InChI is InChI=1S/C19H28N2OS/c1-14(16-11-20-12-16)19(22)21-17-7-5-6-15(10-17)13-23-18-8-3-2-4-9-18/h5-7,10,14,16,18,20H,2-4,8-9,11-13H2,1H3,(H,21,22). The van der Waals surface area contributed by atoms with Gasteiger partial charge in [-0.2, -0.15) is 11.8 Å². The first-order chi connectivity index (χ1) is 11.2. The first-order valence-corrected chi connectivity index (χ1v) is 9.99. The van der Waals surface area contributed by atoms with E-state index in [-0.39, 0.29) is 11.8 Å². The van der Waals surface area contributed by atoms with Crippen LogP contribution in [0.3, 0.4) is 0 Å². The van der Waals surface area contributed by atoms with Gasteiger partial charge in [0, 0.05) is 22.6 Å². The number of thioether (sulfide) groups is 1. The molecule has 23 heavy (non-hydrogen) atoms. The lowest BCUT2D eigenvalue weighted by molar-refractivity contribution is -0.121. The van der Waals surface area contributed by atoms with Gasteiger partial charge in [-0.25, -0.2) is 0 Å². The van der Waals surface area contributed by atoms with Crippen LogP contribution < -0.4 is 10.6 Å². The van der Waals surface area contributed by atoms with Crippen LogP contribution in [-0.4, -0.2) is 24.2 Å². The van der Waals surface area contributed by atoms with Gasteiger partial charge in [-0.1, -0.05) is 38.3 Å². The first-order valence-electron chi connectivity index (χ1n) is 8.94. The first kappa shape index (κ1) is 16.8. The topological polar surface area (TPSA) is 41.1 Å². The van der Waals surface area contributed by atoms with Crippen molar-refractivity contribution in [3.63, 3.8) is 0 Å². The zero-order valence-electron chi connectivity index (χ0n) is 14.0. The molecule has 1 amide bonds. The van der Waals surface area contributed by atoms with Crippen LogP contribution >= 0.6 is 11.8 Å². The van der Waals surface area contributed by atoms with Gasteiger partial charge in [-0.15, -0.1) is 0 Å². The number of carbonyl (C=O) groups excluding carboxylic acids is 1. The Bertz CT molecular complexity index is 524. The highest BCUT2D eigenvalue weighted by Gasteiger charge is 2.28. The highest BCUT2D eigenvalue weighted by molar-refractivity contribution is 7.99. The fourth-order valence-electron chi connectivity index (χ4n) is 3.32. The smallest absolute Gasteiger partial charge is 0.227 e. The molecule has 3 nitrogen and oxygen atoms in total. The maximum atomic E-state index is 12.3. The number of nitrogens with one attached hydrogen (secondary N) is 2. The summed E-state index contributed by atoms with van der Waals surface area (Å²) >= 11 is 2.08. The number of benzene rings is 1. The maximum Gasteiger partial charge on any atom is 0.227 e. The van der Waals surface area contributed by atoms with Crippen molar-refractivity contribution in [2.45, 2.75) is 50.0 Å². The molecule has 0 aromatic heterocycles. The minimum atomic E-state index is 0.0801. The molecule has 1 saturated heterocycles. The van der Waals surface area contributed by atoms with E-state index in [2.05, 4.69) is 40.6 Å². The van der Waals surface area contributed by atoms with Gasteiger partial charge >= 0.3 is 0 Å². The van der Waals surface area contributed by atoms with Crippen molar-refractivity contribution < 1.29 is 4.79 Å². The van der Waals surface area contributed by atoms with Crippen LogP contribution in [0.5, 0.6) is 0 Å². The molecule has 0 spiro atoms. The van der Waals surface area contributed by atoms with Gasteiger partial charge in [0.15, 0.2) is 0 Å². The summed E-state index contributed by atoms with van der Waals surface area (Å²) in [6.07, 6.45) is 6.93. The van der Waals surface area contributed by atoms with Gasteiger partial charge < -0.3 is 10.6 Å². The summed E-state index contributed by atoms with van der Waals surface area (Å²) < 4.78 is 0. The fraction of sp³-hybridized carbons (Fsp3) is 0.632. The summed E-state index contributed by atoms with van der Waals surface area (Å²) in [5.74, 6) is 1.77. The lowest BCUT2D eigenvalue weighted by atomic mass is 9.88. The normalized spacial score (nSPS) is 20.7. The number of rotatable bonds is 6. The van der Waals surface area contributed by atoms with Crippen molar-refractivity contribution in [1.82, 2.24) is 5.32 Å². The average Bonchev–Trinajstić information content (AvgIpc) is 2.52. The second-order valence-corrected chi connectivity index (χ2v) is 8.26. The number of amides is 1. The summed E-state index contributed by atoms with van der Waals surface area (Å²) in [5, 5.41) is 7.16. The van der Waals surface area contributed by atoms with E-state index in [4.69, 9.17) is 0 Å². The van der Waals surface area contributed by atoms with Crippen molar-refractivity contribution in [3.05, 3.63) is 29.8 Å². The summed E-state index contributed by atoms with van der Waals surface area (Å²) in [4.78, 5) is 12.3. The largest absolute Gasteiger partial charge is 0.326 e. The monoisotopic (exact) mass is 332 g/mol. The second kappa shape index (κ2) is 8.20. The van der Waals surface area contributed by atoms with Crippen LogP contribution in [0.2, 0.25) is 0 Å². The molecule has 0 bridgehead atoms. The number of hydrogen-bond acceptors (Lipinski definition) is 3. The Morgan fingerprint density at radius 2 is 2.09 bits per heavy atom. The third kappa shape index (κ3) is 4.74. The number of hydrogen-bond donors (Lipinski definition) is 2. The minimum Gasteiger partial charge on any atom is -0.326 e. The van der Waals surface area contributed by atoms with Gasteiger partial charge in [-0.3, -0.25) is 4.79 Å². The van der Waals surface area contributed by atoms with Crippen molar-refractivity contribution >= 4 is 23.4 Å². The summed E-state index contributed by atoms with van der Waals surface area (Å²) in [5.41, 5.74) is 2.26. The zero-order chi connectivity index (χ0) is 16.1. The predicted octanol–water partition coefficient (Wildman–Crippen LogP) is 4.05. The van der Waals surface area contributed by atoms with Crippen molar-refractivity contribution in [1.29, 1.82) is 0 Å². The molecule has 1 unspecified atom stereocenters. The quantitative estimate of drug-likeness (QED) is 0.826. The van der Waals surface area contributed by atoms with E-state index in [0.717, 1.165) is 29.8 Å². The Hall–Kier alpha value is -1.00. The summed E-state index contributed by atoms with van der Waals surface area (Å²) in [6, 6.07) is 8.37. The van der Waals surface area contributed by atoms with E-state index in [9.17, 15) is 4.79 Å². The average molecular weight is 333 g/mol. The summed E-state index contributed by atoms with van der Waals surface area (Å²) in [6.45, 7) is 3.96.